The summed E-state index contributed by atoms with van der Waals surface area (Å²) < 4.78 is 11.3. The van der Waals surface area contributed by atoms with Crippen molar-refractivity contribution in [2.24, 2.45) is 11.3 Å². The second-order valence-corrected chi connectivity index (χ2v) is 7.56. The van der Waals surface area contributed by atoms with E-state index < -0.39 is 0 Å². The van der Waals surface area contributed by atoms with Crippen LogP contribution in [0.1, 0.15) is 19.3 Å². The molecule has 4 rings (SSSR count). The lowest BCUT2D eigenvalue weighted by molar-refractivity contribution is -0.139. The molecule has 1 atom stereocenters. The number of carbonyl (C=O) groups is 1. The Bertz CT molecular complexity index is 591. The number of aromatic nitrogens is 1. The third-order valence-corrected chi connectivity index (χ3v) is 5.73. The smallest absolute Gasteiger partial charge is 0.225 e. The first kappa shape index (κ1) is 16.8. The number of pyridine rings is 1. The molecule has 3 saturated heterocycles. The van der Waals surface area contributed by atoms with E-state index in [2.05, 4.69) is 20.9 Å². The van der Waals surface area contributed by atoms with Gasteiger partial charge in [0.15, 0.2) is 0 Å². The largest absolute Gasteiger partial charge is 0.381 e. The van der Waals surface area contributed by atoms with Gasteiger partial charge in [-0.3, -0.25) is 4.79 Å². The Morgan fingerprint density at radius 3 is 2.80 bits per heavy atom. The van der Waals surface area contributed by atoms with Crippen molar-refractivity contribution in [3.8, 4) is 0 Å². The lowest BCUT2D eigenvalue weighted by atomic mass is 9.87. The molecule has 1 aromatic heterocycles. The first-order valence-electron chi connectivity index (χ1n) is 9.36. The number of nitrogens with zero attached hydrogens (tertiary/aromatic N) is 3. The highest BCUT2D eigenvalue weighted by Crippen LogP contribution is 2.36. The van der Waals surface area contributed by atoms with Crippen molar-refractivity contribution in [2.75, 3.05) is 57.5 Å². The van der Waals surface area contributed by atoms with E-state index in [0.717, 1.165) is 51.3 Å². The average molecular weight is 345 g/mol. The van der Waals surface area contributed by atoms with E-state index in [0.29, 0.717) is 32.3 Å². The van der Waals surface area contributed by atoms with Crippen molar-refractivity contribution in [1.82, 2.24) is 9.88 Å². The molecule has 3 aliphatic rings. The molecule has 0 N–H and O–H groups in total. The summed E-state index contributed by atoms with van der Waals surface area (Å²) in [4.78, 5) is 21.9. The molecule has 1 unspecified atom stereocenters. The van der Waals surface area contributed by atoms with Crippen LogP contribution in [0.25, 0.3) is 0 Å². The van der Waals surface area contributed by atoms with Crippen molar-refractivity contribution in [3.63, 3.8) is 0 Å². The van der Waals surface area contributed by atoms with Gasteiger partial charge < -0.3 is 19.3 Å². The maximum atomic E-state index is 13.0. The molecule has 0 aliphatic carbocycles. The van der Waals surface area contributed by atoms with E-state index in [1.807, 2.05) is 18.3 Å². The zero-order valence-electron chi connectivity index (χ0n) is 14.7. The van der Waals surface area contributed by atoms with Gasteiger partial charge in [-0.15, -0.1) is 0 Å². The van der Waals surface area contributed by atoms with E-state index in [9.17, 15) is 4.79 Å². The minimum atomic E-state index is 0.0227. The van der Waals surface area contributed by atoms with Crippen LogP contribution in [-0.4, -0.2) is 68.4 Å². The zero-order valence-corrected chi connectivity index (χ0v) is 14.7. The fourth-order valence-electron chi connectivity index (χ4n) is 4.30. The Labute approximate surface area is 149 Å². The van der Waals surface area contributed by atoms with Gasteiger partial charge in [0.05, 0.1) is 13.2 Å². The highest BCUT2D eigenvalue weighted by molar-refractivity contribution is 5.79. The first-order chi connectivity index (χ1) is 12.3. The molecule has 3 fully saturated rings. The van der Waals surface area contributed by atoms with Crippen LogP contribution in [0, 0.1) is 11.3 Å². The third-order valence-electron chi connectivity index (χ3n) is 5.73. The Kier molecular flexibility index (Phi) is 4.90. The predicted octanol–water partition coefficient (Wildman–Crippen LogP) is 1.56. The van der Waals surface area contributed by atoms with Gasteiger partial charge in [-0.05, 0) is 31.4 Å². The van der Waals surface area contributed by atoms with Gasteiger partial charge in [-0.1, -0.05) is 6.07 Å². The summed E-state index contributed by atoms with van der Waals surface area (Å²) in [5.41, 5.74) is 0.0227. The van der Waals surface area contributed by atoms with Gasteiger partial charge in [0.1, 0.15) is 5.82 Å². The van der Waals surface area contributed by atoms with Gasteiger partial charge in [0, 0.05) is 56.9 Å². The van der Waals surface area contributed by atoms with E-state index in [-0.39, 0.29) is 11.3 Å². The lowest BCUT2D eigenvalue weighted by Gasteiger charge is -2.34. The Morgan fingerprint density at radius 1 is 1.12 bits per heavy atom. The molecule has 3 aliphatic heterocycles. The second kappa shape index (κ2) is 7.30. The molecule has 0 saturated carbocycles. The summed E-state index contributed by atoms with van der Waals surface area (Å²) in [7, 11) is 0. The number of hydrogen-bond donors (Lipinski definition) is 0. The molecular formula is C19H27N3O3. The molecule has 136 valence electrons. The van der Waals surface area contributed by atoms with Crippen LogP contribution in [0.3, 0.4) is 0 Å². The van der Waals surface area contributed by atoms with Crippen LogP contribution >= 0.6 is 0 Å². The minimum absolute atomic E-state index is 0.0227. The van der Waals surface area contributed by atoms with Gasteiger partial charge in [-0.2, -0.15) is 0 Å². The maximum absolute atomic E-state index is 13.0. The SMILES string of the molecule is O=C(C1CCOCC1)N1CCOCC2(CCN(c3ccccn3)C2)C1. The molecule has 6 nitrogen and oxygen atoms in total. The highest BCUT2D eigenvalue weighted by Gasteiger charge is 2.43. The van der Waals surface area contributed by atoms with E-state index in [1.54, 1.807) is 0 Å². The fourth-order valence-corrected chi connectivity index (χ4v) is 4.30. The number of ether oxygens (including phenoxy) is 2. The van der Waals surface area contributed by atoms with E-state index in [1.165, 1.54) is 0 Å². The zero-order chi connectivity index (χ0) is 17.1. The summed E-state index contributed by atoms with van der Waals surface area (Å²) in [6.07, 6.45) is 4.58. The molecule has 0 bridgehead atoms. The van der Waals surface area contributed by atoms with Gasteiger partial charge in [0.2, 0.25) is 5.91 Å². The van der Waals surface area contributed by atoms with Crippen LogP contribution in [-0.2, 0) is 14.3 Å². The Morgan fingerprint density at radius 2 is 2.00 bits per heavy atom. The maximum Gasteiger partial charge on any atom is 0.225 e. The van der Waals surface area contributed by atoms with Crippen LogP contribution in [0.5, 0.6) is 0 Å². The van der Waals surface area contributed by atoms with E-state index in [4.69, 9.17) is 9.47 Å². The quantitative estimate of drug-likeness (QED) is 0.814. The molecule has 1 amide bonds. The van der Waals surface area contributed by atoms with Crippen molar-refractivity contribution in [1.29, 1.82) is 0 Å². The van der Waals surface area contributed by atoms with Crippen LogP contribution in [0.15, 0.2) is 24.4 Å². The number of hydrogen-bond acceptors (Lipinski definition) is 5. The predicted molar refractivity (Wildman–Crippen MR) is 94.4 cm³/mol. The second-order valence-electron chi connectivity index (χ2n) is 7.56. The fraction of sp³-hybridized carbons (Fsp3) is 0.684. The summed E-state index contributed by atoms with van der Waals surface area (Å²) in [6, 6.07) is 6.03. The monoisotopic (exact) mass is 345 g/mol. The lowest BCUT2D eigenvalue weighted by Crippen LogP contribution is -2.46. The Balaban J connectivity index is 1.45. The minimum Gasteiger partial charge on any atom is -0.381 e. The number of carbonyl (C=O) groups excluding carboxylic acids is 1. The van der Waals surface area contributed by atoms with Gasteiger partial charge in [0.25, 0.3) is 0 Å². The van der Waals surface area contributed by atoms with Crippen molar-refractivity contribution in [2.45, 2.75) is 19.3 Å². The Hall–Kier alpha value is -1.66. The first-order valence-corrected chi connectivity index (χ1v) is 9.36. The van der Waals surface area contributed by atoms with Gasteiger partial charge in [-0.25, -0.2) is 4.98 Å². The molecule has 0 aromatic carbocycles. The normalized spacial score (nSPS) is 28.3. The van der Waals surface area contributed by atoms with Crippen molar-refractivity contribution in [3.05, 3.63) is 24.4 Å². The topological polar surface area (TPSA) is 54.9 Å². The number of anilines is 1. The molecule has 25 heavy (non-hydrogen) atoms. The van der Waals surface area contributed by atoms with Gasteiger partial charge >= 0.3 is 0 Å². The van der Waals surface area contributed by atoms with E-state index >= 15 is 0 Å². The standard InChI is InChI=1S/C19H27N3O3/c23-18(16-4-10-24-11-5-16)22-9-12-25-15-19(14-22)6-8-21(13-19)17-3-1-2-7-20-17/h1-3,7,16H,4-6,8-15H2. The van der Waals surface area contributed by atoms with Crippen molar-refractivity contribution >= 4 is 11.7 Å². The summed E-state index contributed by atoms with van der Waals surface area (Å²) in [6.45, 7) is 6.17. The third kappa shape index (κ3) is 3.65. The van der Waals surface area contributed by atoms with Crippen LogP contribution in [0.4, 0.5) is 5.82 Å². The molecule has 0 radical (unpaired) electrons. The average Bonchev–Trinajstić information content (AvgIpc) is 2.97. The number of rotatable bonds is 2. The summed E-state index contributed by atoms with van der Waals surface area (Å²) in [5, 5.41) is 0. The molecule has 4 heterocycles. The molecule has 1 spiro atoms. The summed E-state index contributed by atoms with van der Waals surface area (Å²) in [5.74, 6) is 1.44. The number of amides is 1. The molecular weight excluding hydrogens is 318 g/mol. The molecule has 1 aromatic rings. The summed E-state index contributed by atoms with van der Waals surface area (Å²) >= 11 is 0. The molecule has 6 heteroatoms. The highest BCUT2D eigenvalue weighted by atomic mass is 16.5. The van der Waals surface area contributed by atoms with Crippen LogP contribution in [0.2, 0.25) is 0 Å². The van der Waals surface area contributed by atoms with Crippen molar-refractivity contribution < 1.29 is 14.3 Å². The van der Waals surface area contributed by atoms with Crippen LogP contribution < -0.4 is 4.90 Å².